The minimum atomic E-state index is -2.24. The van der Waals surface area contributed by atoms with Gasteiger partial charge in [-0.25, -0.2) is 0 Å². The first kappa shape index (κ1) is 9.22. The molecule has 0 aliphatic heterocycles. The molecular formula is C8H10O3S. The molecule has 0 aliphatic rings. The molecule has 0 amide bonds. The molecule has 12 heavy (non-hydrogen) atoms. The van der Waals surface area contributed by atoms with Gasteiger partial charge >= 0.3 is 11.4 Å². The highest BCUT2D eigenvalue weighted by atomic mass is 32.2. The molecule has 1 N–H and O–H groups in total. The minimum Gasteiger partial charge on any atom is -0.380 e. The fourth-order valence-corrected chi connectivity index (χ4v) is 1.21. The van der Waals surface area contributed by atoms with Gasteiger partial charge in [0.2, 0.25) is 0 Å². The number of benzene rings is 1. The first-order valence-electron chi connectivity index (χ1n) is 3.46. The summed E-state index contributed by atoms with van der Waals surface area (Å²) in [7, 11) is 0. The fourth-order valence-electron chi connectivity index (χ4n) is 0.874. The predicted molar refractivity (Wildman–Crippen MR) is 47.3 cm³/mol. The third-order valence-electron chi connectivity index (χ3n) is 1.50. The Bertz CT molecular complexity index is 309. The molecule has 0 aliphatic carbocycles. The van der Waals surface area contributed by atoms with Crippen LogP contribution >= 0.6 is 0 Å². The lowest BCUT2D eigenvalue weighted by molar-refractivity contribution is 0.456. The second-order valence-electron chi connectivity index (χ2n) is 2.57. The molecule has 0 heterocycles. The van der Waals surface area contributed by atoms with Crippen molar-refractivity contribution in [1.29, 1.82) is 0 Å². The van der Waals surface area contributed by atoms with Gasteiger partial charge in [0.25, 0.3) is 0 Å². The van der Waals surface area contributed by atoms with Gasteiger partial charge in [-0.2, -0.15) is 4.21 Å². The standard InChI is InChI=1S/C8H10O3S/c1-6-3-4-7(2)8(5-6)11-12(9)10/h3-5H,1-2H3,(H,9,10). The van der Waals surface area contributed by atoms with Crippen LogP contribution in [0.1, 0.15) is 11.1 Å². The zero-order valence-corrected chi connectivity index (χ0v) is 7.72. The number of aryl methyl sites for hydroxylation is 2. The van der Waals surface area contributed by atoms with Gasteiger partial charge in [-0.3, -0.25) is 4.55 Å². The highest BCUT2D eigenvalue weighted by Gasteiger charge is 2.02. The third-order valence-corrected chi connectivity index (χ3v) is 1.83. The van der Waals surface area contributed by atoms with E-state index in [1.165, 1.54) is 0 Å². The van der Waals surface area contributed by atoms with Crippen LogP contribution in [0.3, 0.4) is 0 Å². The van der Waals surface area contributed by atoms with Crippen molar-refractivity contribution in [1.82, 2.24) is 0 Å². The van der Waals surface area contributed by atoms with Crippen LogP contribution in [0.2, 0.25) is 0 Å². The quantitative estimate of drug-likeness (QED) is 0.716. The van der Waals surface area contributed by atoms with Crippen molar-refractivity contribution in [3.8, 4) is 5.75 Å². The number of hydrogen-bond acceptors (Lipinski definition) is 2. The maximum atomic E-state index is 10.3. The molecule has 0 radical (unpaired) electrons. The van der Waals surface area contributed by atoms with Crippen molar-refractivity contribution in [2.24, 2.45) is 0 Å². The molecule has 1 unspecified atom stereocenters. The van der Waals surface area contributed by atoms with E-state index in [0.29, 0.717) is 5.75 Å². The van der Waals surface area contributed by atoms with Gasteiger partial charge in [-0.05, 0) is 31.0 Å². The molecule has 1 aromatic carbocycles. The summed E-state index contributed by atoms with van der Waals surface area (Å²) < 4.78 is 23.4. The Labute approximate surface area is 73.9 Å². The summed E-state index contributed by atoms with van der Waals surface area (Å²) >= 11 is -2.24. The lowest BCUT2D eigenvalue weighted by Gasteiger charge is -2.04. The van der Waals surface area contributed by atoms with E-state index in [4.69, 9.17) is 4.55 Å². The largest absolute Gasteiger partial charge is 0.380 e. The van der Waals surface area contributed by atoms with E-state index in [-0.39, 0.29) is 0 Å². The molecule has 0 saturated carbocycles. The Kier molecular flexibility index (Phi) is 2.83. The minimum absolute atomic E-state index is 0.454. The average Bonchev–Trinajstić information content (AvgIpc) is 1.96. The van der Waals surface area contributed by atoms with E-state index in [2.05, 4.69) is 4.18 Å². The third kappa shape index (κ3) is 2.32. The van der Waals surface area contributed by atoms with E-state index in [1.807, 2.05) is 26.0 Å². The van der Waals surface area contributed by atoms with Gasteiger partial charge < -0.3 is 4.18 Å². The Balaban J connectivity index is 2.97. The SMILES string of the molecule is Cc1ccc(C)c(OS(=O)O)c1. The van der Waals surface area contributed by atoms with E-state index in [9.17, 15) is 4.21 Å². The topological polar surface area (TPSA) is 46.5 Å². The Morgan fingerprint density at radius 2 is 2.08 bits per heavy atom. The van der Waals surface area contributed by atoms with E-state index < -0.39 is 11.4 Å². The van der Waals surface area contributed by atoms with Gasteiger partial charge in [0.1, 0.15) is 5.75 Å². The molecule has 66 valence electrons. The van der Waals surface area contributed by atoms with Crippen LogP contribution in [-0.4, -0.2) is 8.76 Å². The van der Waals surface area contributed by atoms with Crippen LogP contribution in [-0.2, 0) is 11.4 Å². The first-order valence-corrected chi connectivity index (χ1v) is 4.49. The second kappa shape index (κ2) is 3.69. The molecule has 0 fully saturated rings. The molecular weight excluding hydrogens is 176 g/mol. The molecule has 4 heteroatoms. The van der Waals surface area contributed by atoms with Crippen molar-refractivity contribution < 1.29 is 12.9 Å². The van der Waals surface area contributed by atoms with Crippen LogP contribution in [0.15, 0.2) is 18.2 Å². The van der Waals surface area contributed by atoms with Gasteiger partial charge in [0, 0.05) is 0 Å². The molecule has 1 atom stereocenters. The number of hydrogen-bond donors (Lipinski definition) is 1. The fraction of sp³-hybridized carbons (Fsp3) is 0.250. The molecule has 0 aromatic heterocycles. The summed E-state index contributed by atoms with van der Waals surface area (Å²) in [5, 5.41) is 0. The van der Waals surface area contributed by atoms with Crippen molar-refractivity contribution in [3.05, 3.63) is 29.3 Å². The molecule has 0 spiro atoms. The first-order chi connectivity index (χ1) is 5.59. The van der Waals surface area contributed by atoms with Crippen molar-refractivity contribution in [2.75, 3.05) is 0 Å². The lowest BCUT2D eigenvalue weighted by atomic mass is 10.1. The zero-order valence-electron chi connectivity index (χ0n) is 6.90. The summed E-state index contributed by atoms with van der Waals surface area (Å²) in [6.45, 7) is 3.72. The maximum Gasteiger partial charge on any atom is 0.357 e. The second-order valence-corrected chi connectivity index (χ2v) is 3.17. The summed E-state index contributed by atoms with van der Waals surface area (Å²) in [6.07, 6.45) is 0. The lowest BCUT2D eigenvalue weighted by Crippen LogP contribution is -1.99. The molecule has 0 saturated heterocycles. The maximum absolute atomic E-state index is 10.3. The Morgan fingerprint density at radius 3 is 2.67 bits per heavy atom. The van der Waals surface area contributed by atoms with Gasteiger partial charge in [0.15, 0.2) is 0 Å². The van der Waals surface area contributed by atoms with E-state index >= 15 is 0 Å². The van der Waals surface area contributed by atoms with Crippen LogP contribution in [0, 0.1) is 13.8 Å². The molecule has 1 aromatic rings. The summed E-state index contributed by atoms with van der Waals surface area (Å²) in [5.41, 5.74) is 1.85. The van der Waals surface area contributed by atoms with E-state index in [0.717, 1.165) is 11.1 Å². The van der Waals surface area contributed by atoms with Crippen molar-refractivity contribution in [2.45, 2.75) is 13.8 Å². The van der Waals surface area contributed by atoms with Crippen molar-refractivity contribution >= 4 is 11.4 Å². The molecule has 1 rings (SSSR count). The highest BCUT2D eigenvalue weighted by Crippen LogP contribution is 2.19. The molecule has 0 bridgehead atoms. The normalized spacial score (nSPS) is 12.6. The van der Waals surface area contributed by atoms with E-state index in [1.54, 1.807) is 6.07 Å². The van der Waals surface area contributed by atoms with Crippen LogP contribution < -0.4 is 4.18 Å². The Morgan fingerprint density at radius 1 is 1.42 bits per heavy atom. The molecule has 3 nitrogen and oxygen atoms in total. The number of rotatable bonds is 2. The summed E-state index contributed by atoms with van der Waals surface area (Å²) in [4.78, 5) is 0. The monoisotopic (exact) mass is 186 g/mol. The Hall–Kier alpha value is -0.870. The van der Waals surface area contributed by atoms with Gasteiger partial charge in [-0.1, -0.05) is 12.1 Å². The van der Waals surface area contributed by atoms with Crippen LogP contribution in [0.25, 0.3) is 0 Å². The summed E-state index contributed by atoms with van der Waals surface area (Å²) in [6, 6.07) is 5.49. The summed E-state index contributed by atoms with van der Waals surface area (Å²) in [5.74, 6) is 0.454. The average molecular weight is 186 g/mol. The van der Waals surface area contributed by atoms with Crippen LogP contribution in [0.5, 0.6) is 5.75 Å². The smallest absolute Gasteiger partial charge is 0.357 e. The van der Waals surface area contributed by atoms with Crippen molar-refractivity contribution in [3.63, 3.8) is 0 Å². The zero-order chi connectivity index (χ0) is 9.14. The highest BCUT2D eigenvalue weighted by molar-refractivity contribution is 7.74. The van der Waals surface area contributed by atoms with Gasteiger partial charge in [0.05, 0.1) is 0 Å². The van der Waals surface area contributed by atoms with Gasteiger partial charge in [-0.15, -0.1) is 0 Å². The van der Waals surface area contributed by atoms with Crippen LogP contribution in [0.4, 0.5) is 0 Å². The predicted octanol–water partition coefficient (Wildman–Crippen LogP) is 1.82.